The normalized spacial score (nSPS) is 9.56. The molecule has 5 heteroatoms. The second-order valence-electron chi connectivity index (χ2n) is 1.15. The third-order valence-electron chi connectivity index (χ3n) is 0.538. The van der Waals surface area contributed by atoms with Gasteiger partial charge < -0.3 is 10.5 Å². The molecule has 0 bridgehead atoms. The number of rotatable bonds is 2. The van der Waals surface area contributed by atoms with Crippen molar-refractivity contribution in [1.29, 1.82) is 0 Å². The first-order chi connectivity index (χ1) is 4.31. The lowest BCUT2D eigenvalue weighted by molar-refractivity contribution is 0.171. The molecule has 9 heavy (non-hydrogen) atoms. The van der Waals surface area contributed by atoms with E-state index in [1.165, 1.54) is 13.3 Å². The zero-order chi connectivity index (χ0) is 7.11. The monoisotopic (exact) mass is 131 g/mol. The minimum atomic E-state index is -0.597. The second kappa shape index (κ2) is 5.04. The number of hydrogen-bond acceptors (Lipinski definition) is 4. The summed E-state index contributed by atoms with van der Waals surface area (Å²) in [7, 11) is 1.26. The minimum absolute atomic E-state index is 0.296. The first-order valence-corrected chi connectivity index (χ1v) is 2.36. The van der Waals surface area contributed by atoms with Crippen LogP contribution in [0.1, 0.15) is 0 Å². The largest absolute Gasteiger partial charge is 0.452 e. The van der Waals surface area contributed by atoms with Crippen LogP contribution in [-0.2, 0) is 4.74 Å². The molecule has 0 fully saturated rings. The van der Waals surface area contributed by atoms with Gasteiger partial charge >= 0.3 is 6.09 Å². The highest BCUT2D eigenvalue weighted by Gasteiger charge is 1.90. The maximum absolute atomic E-state index is 10.2. The highest BCUT2D eigenvalue weighted by Crippen LogP contribution is 1.67. The van der Waals surface area contributed by atoms with Crippen LogP contribution < -0.4 is 11.2 Å². The van der Waals surface area contributed by atoms with Gasteiger partial charge in [-0.05, 0) is 0 Å². The van der Waals surface area contributed by atoms with Crippen molar-refractivity contribution in [3.05, 3.63) is 0 Å². The average molecular weight is 131 g/mol. The van der Waals surface area contributed by atoms with E-state index < -0.39 is 6.09 Å². The number of hydrazone groups is 1. The molecule has 0 aromatic heterocycles. The quantitative estimate of drug-likeness (QED) is 0.384. The molecule has 0 aliphatic heterocycles. The Morgan fingerprint density at radius 1 is 2.00 bits per heavy atom. The summed E-state index contributed by atoms with van der Waals surface area (Å²) in [5.41, 5.74) is 7.08. The zero-order valence-corrected chi connectivity index (χ0v) is 5.13. The average Bonchev–Trinajstić information content (AvgIpc) is 1.89. The van der Waals surface area contributed by atoms with Crippen LogP contribution in [0, 0.1) is 0 Å². The number of nitrogens with zero attached hydrogens (tertiary/aromatic N) is 1. The van der Waals surface area contributed by atoms with Gasteiger partial charge in [0, 0.05) is 12.8 Å². The van der Waals surface area contributed by atoms with Gasteiger partial charge in [-0.15, -0.1) is 0 Å². The van der Waals surface area contributed by atoms with Crippen molar-refractivity contribution < 1.29 is 9.53 Å². The Morgan fingerprint density at radius 3 is 3.11 bits per heavy atom. The zero-order valence-electron chi connectivity index (χ0n) is 5.13. The Morgan fingerprint density at radius 2 is 2.67 bits per heavy atom. The van der Waals surface area contributed by atoms with Crippen LogP contribution in [0.3, 0.4) is 0 Å². The maximum atomic E-state index is 10.2. The summed E-state index contributed by atoms with van der Waals surface area (Å²) in [4.78, 5) is 10.2. The molecule has 0 spiro atoms. The summed E-state index contributed by atoms with van der Waals surface area (Å²) in [6.45, 7) is 0.296. The van der Waals surface area contributed by atoms with E-state index in [0.717, 1.165) is 0 Å². The molecule has 0 unspecified atom stereocenters. The molecule has 0 saturated carbocycles. The van der Waals surface area contributed by atoms with Gasteiger partial charge in [0.15, 0.2) is 0 Å². The second-order valence-corrected chi connectivity index (χ2v) is 1.15. The molecule has 0 radical (unpaired) electrons. The third-order valence-corrected chi connectivity index (χ3v) is 0.538. The van der Waals surface area contributed by atoms with Crippen molar-refractivity contribution in [2.45, 2.75) is 0 Å². The topological polar surface area (TPSA) is 76.7 Å². The lowest BCUT2D eigenvalue weighted by Crippen LogP contribution is -2.17. The van der Waals surface area contributed by atoms with E-state index in [0.29, 0.717) is 6.54 Å². The maximum Gasteiger partial charge on any atom is 0.427 e. The number of hydrogen-bond donors (Lipinski definition) is 2. The molecule has 3 N–H and O–H groups in total. The molecule has 0 saturated heterocycles. The molecule has 1 amide bonds. The van der Waals surface area contributed by atoms with Crippen molar-refractivity contribution in [2.75, 3.05) is 13.7 Å². The van der Waals surface area contributed by atoms with E-state index in [1.807, 2.05) is 0 Å². The minimum Gasteiger partial charge on any atom is -0.452 e. The van der Waals surface area contributed by atoms with E-state index in [2.05, 4.69) is 15.3 Å². The van der Waals surface area contributed by atoms with Crippen molar-refractivity contribution >= 4 is 12.3 Å². The van der Waals surface area contributed by atoms with E-state index >= 15 is 0 Å². The summed E-state index contributed by atoms with van der Waals surface area (Å²) in [6, 6.07) is 0. The van der Waals surface area contributed by atoms with Crippen molar-refractivity contribution in [3.8, 4) is 0 Å². The van der Waals surface area contributed by atoms with Crippen LogP contribution in [0.4, 0.5) is 4.79 Å². The summed E-state index contributed by atoms with van der Waals surface area (Å²) in [6.07, 6.45) is 0.761. The van der Waals surface area contributed by atoms with E-state index in [4.69, 9.17) is 5.73 Å². The van der Waals surface area contributed by atoms with E-state index in [1.54, 1.807) is 0 Å². The van der Waals surface area contributed by atoms with Gasteiger partial charge in [-0.2, -0.15) is 5.10 Å². The number of nitrogens with one attached hydrogen (secondary N) is 1. The van der Waals surface area contributed by atoms with Crippen molar-refractivity contribution in [1.82, 2.24) is 5.43 Å². The predicted octanol–water partition coefficient (Wildman–Crippen LogP) is -0.713. The smallest absolute Gasteiger partial charge is 0.427 e. The van der Waals surface area contributed by atoms with Gasteiger partial charge in [-0.25, -0.2) is 10.2 Å². The standard InChI is InChI=1S/C4H9N3O2/c1-9-4(8)7-6-3-2-5/h3H,2,5H2,1H3,(H,7,8). The summed E-state index contributed by atoms with van der Waals surface area (Å²) in [5, 5.41) is 3.39. The lowest BCUT2D eigenvalue weighted by Gasteiger charge is -1.93. The summed E-state index contributed by atoms with van der Waals surface area (Å²) < 4.78 is 4.19. The van der Waals surface area contributed by atoms with Gasteiger partial charge in [-0.3, -0.25) is 0 Å². The highest BCUT2D eigenvalue weighted by molar-refractivity contribution is 5.69. The Balaban J connectivity index is 3.26. The fraction of sp³-hybridized carbons (Fsp3) is 0.500. The SMILES string of the molecule is COC(=O)NN=CCN. The molecule has 0 heterocycles. The van der Waals surface area contributed by atoms with Gasteiger partial charge in [-0.1, -0.05) is 0 Å². The molecule has 0 aliphatic rings. The Bertz CT molecular complexity index is 112. The molecule has 52 valence electrons. The van der Waals surface area contributed by atoms with E-state index in [9.17, 15) is 4.79 Å². The number of carbonyl (C=O) groups is 1. The van der Waals surface area contributed by atoms with Crippen LogP contribution in [0.2, 0.25) is 0 Å². The Labute approximate surface area is 52.9 Å². The third kappa shape index (κ3) is 4.76. The molecule has 0 aliphatic carbocycles. The Hall–Kier alpha value is -1.10. The first-order valence-electron chi connectivity index (χ1n) is 2.36. The molecule has 0 atom stereocenters. The van der Waals surface area contributed by atoms with Gasteiger partial charge in [0.25, 0.3) is 0 Å². The molecular formula is C4H9N3O2. The van der Waals surface area contributed by atoms with Crippen LogP contribution in [0.5, 0.6) is 0 Å². The van der Waals surface area contributed by atoms with E-state index in [-0.39, 0.29) is 0 Å². The molecule has 5 nitrogen and oxygen atoms in total. The molecule has 0 aromatic carbocycles. The number of carbonyl (C=O) groups excluding carboxylic acids is 1. The number of amides is 1. The van der Waals surface area contributed by atoms with Crippen molar-refractivity contribution in [2.24, 2.45) is 10.8 Å². The van der Waals surface area contributed by atoms with Crippen LogP contribution in [0.15, 0.2) is 5.10 Å². The van der Waals surface area contributed by atoms with Crippen LogP contribution >= 0.6 is 0 Å². The van der Waals surface area contributed by atoms with Crippen LogP contribution in [0.25, 0.3) is 0 Å². The van der Waals surface area contributed by atoms with Gasteiger partial charge in [0.05, 0.1) is 7.11 Å². The summed E-state index contributed by atoms with van der Waals surface area (Å²) >= 11 is 0. The first kappa shape index (κ1) is 7.90. The number of ether oxygens (including phenoxy) is 1. The lowest BCUT2D eigenvalue weighted by atomic mass is 10.8. The molecule has 0 aromatic rings. The molecular weight excluding hydrogens is 122 g/mol. The number of nitrogens with two attached hydrogens (primary N) is 1. The number of methoxy groups -OCH3 is 1. The van der Waals surface area contributed by atoms with Crippen molar-refractivity contribution in [3.63, 3.8) is 0 Å². The summed E-state index contributed by atoms with van der Waals surface area (Å²) in [5.74, 6) is 0. The molecule has 0 rings (SSSR count). The van der Waals surface area contributed by atoms with Gasteiger partial charge in [0.2, 0.25) is 0 Å². The van der Waals surface area contributed by atoms with Gasteiger partial charge in [0.1, 0.15) is 0 Å². The fourth-order valence-electron chi connectivity index (χ4n) is 0.197. The predicted molar refractivity (Wildman–Crippen MR) is 33.1 cm³/mol. The van der Waals surface area contributed by atoms with Crippen LogP contribution in [-0.4, -0.2) is 26.0 Å². The highest BCUT2D eigenvalue weighted by atomic mass is 16.5. The Kier molecular flexibility index (Phi) is 4.43. The fourth-order valence-corrected chi connectivity index (χ4v) is 0.197.